The molecule has 0 spiro atoms. The summed E-state index contributed by atoms with van der Waals surface area (Å²) in [6.07, 6.45) is 3.22. The van der Waals surface area contributed by atoms with E-state index in [-0.39, 0.29) is 18.7 Å². The van der Waals surface area contributed by atoms with Crippen molar-refractivity contribution in [2.24, 2.45) is 4.99 Å². The minimum absolute atomic E-state index is 0.131. The molecule has 0 fully saturated rings. The number of Topliss-reactive ketones (excluding diaryl/α,β-unsaturated/α-hetero) is 1. The van der Waals surface area contributed by atoms with E-state index >= 15 is 0 Å². The van der Waals surface area contributed by atoms with Crippen molar-refractivity contribution >= 4 is 40.9 Å². The van der Waals surface area contributed by atoms with Gasteiger partial charge in [0.05, 0.1) is 12.2 Å². The zero-order valence-electron chi connectivity index (χ0n) is 18.2. The minimum atomic E-state index is -0.424. The van der Waals surface area contributed by atoms with Gasteiger partial charge in [-0.15, -0.1) is 0 Å². The van der Waals surface area contributed by atoms with Crippen LogP contribution in [0.25, 0.3) is 0 Å². The number of nitrogens with zero attached hydrogens (tertiary/aromatic N) is 3. The lowest BCUT2D eigenvalue weighted by molar-refractivity contribution is -0.140. The Balaban J connectivity index is 1.54. The van der Waals surface area contributed by atoms with Crippen LogP contribution in [-0.4, -0.2) is 52.9 Å². The maximum Gasteiger partial charge on any atom is 0.254 e. The summed E-state index contributed by atoms with van der Waals surface area (Å²) in [7, 11) is 0. The van der Waals surface area contributed by atoms with Crippen LogP contribution in [0.4, 0.5) is 5.69 Å². The number of aryl methyl sites for hydroxylation is 1. The fourth-order valence-corrected chi connectivity index (χ4v) is 4.89. The van der Waals surface area contributed by atoms with Crippen molar-refractivity contribution < 1.29 is 14.4 Å². The molecule has 7 heteroatoms. The van der Waals surface area contributed by atoms with Gasteiger partial charge in [0.15, 0.2) is 5.78 Å². The van der Waals surface area contributed by atoms with Crippen LogP contribution in [0.15, 0.2) is 69.4 Å². The zero-order valence-corrected chi connectivity index (χ0v) is 19.0. The van der Waals surface area contributed by atoms with Crippen LogP contribution in [0.2, 0.25) is 0 Å². The fourth-order valence-electron chi connectivity index (χ4n) is 3.81. The summed E-state index contributed by atoms with van der Waals surface area (Å²) in [6, 6.07) is 14.4. The number of fused-ring (bicyclic) bond motifs is 2. The van der Waals surface area contributed by atoms with Gasteiger partial charge >= 0.3 is 0 Å². The molecule has 0 unspecified atom stereocenters. The Hall–Kier alpha value is -3.19. The van der Waals surface area contributed by atoms with E-state index in [0.717, 1.165) is 50.4 Å². The lowest BCUT2D eigenvalue weighted by Crippen LogP contribution is -2.35. The standard InChI is InChI=1S/C25H25N3O3S/c1-3-27(4-2)25-19-12-10-17(9-11-18(29)16-28-23(30)13-14-24(28)31)15-22(19)32-21-8-6-5-7-20(21)26-25/h5-8,10,12-15H,3-4,9,11,16H2,1-2H3. The highest BCUT2D eigenvalue weighted by Gasteiger charge is 2.25. The Morgan fingerprint density at radius 1 is 1.00 bits per heavy atom. The predicted molar refractivity (Wildman–Crippen MR) is 125 cm³/mol. The second-order valence-electron chi connectivity index (χ2n) is 7.64. The summed E-state index contributed by atoms with van der Waals surface area (Å²) in [6.45, 7) is 5.81. The molecule has 2 aliphatic rings. The van der Waals surface area contributed by atoms with E-state index in [2.05, 4.69) is 36.9 Å². The Morgan fingerprint density at radius 3 is 2.44 bits per heavy atom. The molecule has 0 saturated carbocycles. The molecule has 164 valence electrons. The van der Waals surface area contributed by atoms with Crippen LogP contribution in [0.5, 0.6) is 0 Å². The first-order valence-corrected chi connectivity index (χ1v) is 11.6. The van der Waals surface area contributed by atoms with Gasteiger partial charge in [0.25, 0.3) is 11.8 Å². The highest BCUT2D eigenvalue weighted by molar-refractivity contribution is 7.99. The minimum Gasteiger partial charge on any atom is -0.357 e. The average Bonchev–Trinajstić information content (AvgIpc) is 3.02. The molecule has 0 N–H and O–H groups in total. The van der Waals surface area contributed by atoms with Crippen molar-refractivity contribution in [1.82, 2.24) is 9.80 Å². The molecule has 6 nitrogen and oxygen atoms in total. The van der Waals surface area contributed by atoms with Gasteiger partial charge in [-0.2, -0.15) is 0 Å². The van der Waals surface area contributed by atoms with Crippen LogP contribution >= 0.6 is 11.8 Å². The summed E-state index contributed by atoms with van der Waals surface area (Å²) in [5.41, 5.74) is 3.09. The Morgan fingerprint density at radius 2 is 1.72 bits per heavy atom. The van der Waals surface area contributed by atoms with E-state index in [1.54, 1.807) is 11.8 Å². The number of amides is 2. The number of amidine groups is 1. The molecule has 2 aliphatic heterocycles. The number of benzene rings is 2. The maximum absolute atomic E-state index is 12.4. The highest BCUT2D eigenvalue weighted by Crippen LogP contribution is 2.41. The lowest BCUT2D eigenvalue weighted by atomic mass is 10.0. The van der Waals surface area contributed by atoms with Crippen molar-refractivity contribution in [2.45, 2.75) is 36.5 Å². The fraction of sp³-hybridized carbons (Fsp3) is 0.280. The number of rotatable bonds is 7. The Labute approximate surface area is 192 Å². The van der Waals surface area contributed by atoms with Gasteiger partial charge in [-0.05, 0) is 50.1 Å². The first kappa shape index (κ1) is 22.0. The van der Waals surface area contributed by atoms with Crippen LogP contribution in [0, 0.1) is 0 Å². The quantitative estimate of drug-likeness (QED) is 0.600. The molecule has 0 radical (unpaired) electrons. The first-order chi connectivity index (χ1) is 15.5. The largest absolute Gasteiger partial charge is 0.357 e. The third kappa shape index (κ3) is 4.53. The number of carbonyl (C=O) groups is 3. The molecule has 0 saturated heterocycles. The summed E-state index contributed by atoms with van der Waals surface area (Å²) in [4.78, 5) is 46.2. The summed E-state index contributed by atoms with van der Waals surface area (Å²) in [5, 5.41) is 0. The van der Waals surface area contributed by atoms with Crippen molar-refractivity contribution in [3.63, 3.8) is 0 Å². The Bertz CT molecular complexity index is 1120. The number of carbonyl (C=O) groups excluding carboxylic acids is 3. The summed E-state index contributed by atoms with van der Waals surface area (Å²) < 4.78 is 0. The van der Waals surface area contributed by atoms with Gasteiger partial charge in [0.1, 0.15) is 5.84 Å². The topological polar surface area (TPSA) is 70.1 Å². The third-order valence-corrected chi connectivity index (χ3v) is 6.71. The van der Waals surface area contributed by atoms with Gasteiger partial charge in [-0.1, -0.05) is 30.0 Å². The molecule has 4 rings (SSSR count). The van der Waals surface area contributed by atoms with Crippen LogP contribution in [0.3, 0.4) is 0 Å². The maximum atomic E-state index is 12.4. The number of hydrogen-bond donors (Lipinski definition) is 0. The molecular formula is C25H25N3O3S. The molecule has 2 aromatic carbocycles. The van der Waals surface area contributed by atoms with Gasteiger partial charge in [-0.3, -0.25) is 19.3 Å². The monoisotopic (exact) mass is 447 g/mol. The number of aliphatic imine (C=N–C) groups is 1. The molecule has 2 heterocycles. The second kappa shape index (κ2) is 9.53. The van der Waals surface area contributed by atoms with Crippen LogP contribution < -0.4 is 0 Å². The normalized spacial score (nSPS) is 14.7. The second-order valence-corrected chi connectivity index (χ2v) is 8.73. The summed E-state index contributed by atoms with van der Waals surface area (Å²) in [5.74, 6) is -0.0179. The van der Waals surface area contributed by atoms with Gasteiger partial charge < -0.3 is 4.90 Å². The average molecular weight is 448 g/mol. The molecule has 32 heavy (non-hydrogen) atoms. The van der Waals surface area contributed by atoms with E-state index in [1.165, 1.54) is 12.2 Å². The molecule has 2 aromatic rings. The van der Waals surface area contributed by atoms with E-state index in [4.69, 9.17) is 4.99 Å². The van der Waals surface area contributed by atoms with Crippen LogP contribution in [-0.2, 0) is 20.8 Å². The van der Waals surface area contributed by atoms with Crippen molar-refractivity contribution in [1.29, 1.82) is 0 Å². The van der Waals surface area contributed by atoms with Gasteiger partial charge in [-0.25, -0.2) is 4.99 Å². The molecule has 0 bridgehead atoms. The highest BCUT2D eigenvalue weighted by atomic mass is 32.2. The molecular weight excluding hydrogens is 422 g/mol. The predicted octanol–water partition coefficient (Wildman–Crippen LogP) is 4.00. The molecule has 0 aromatic heterocycles. The summed E-state index contributed by atoms with van der Waals surface area (Å²) >= 11 is 1.69. The molecule has 0 aliphatic carbocycles. The molecule has 0 atom stereocenters. The lowest BCUT2D eigenvalue weighted by Gasteiger charge is -2.24. The van der Waals surface area contributed by atoms with Gasteiger partial charge in [0.2, 0.25) is 0 Å². The van der Waals surface area contributed by atoms with Crippen molar-refractivity contribution in [3.8, 4) is 0 Å². The number of para-hydroxylation sites is 1. The molecule has 2 amide bonds. The number of imide groups is 1. The van der Waals surface area contributed by atoms with Crippen molar-refractivity contribution in [2.75, 3.05) is 19.6 Å². The van der Waals surface area contributed by atoms with Crippen molar-refractivity contribution in [3.05, 3.63) is 65.7 Å². The smallest absolute Gasteiger partial charge is 0.254 e. The van der Waals surface area contributed by atoms with Gasteiger partial charge in [0, 0.05) is 47.0 Å². The van der Waals surface area contributed by atoms with E-state index in [1.807, 2.05) is 24.3 Å². The van der Waals surface area contributed by atoms with E-state index in [9.17, 15) is 14.4 Å². The Kier molecular flexibility index (Phi) is 6.55. The van der Waals surface area contributed by atoms with E-state index < -0.39 is 11.8 Å². The van der Waals surface area contributed by atoms with Crippen LogP contribution in [0.1, 0.15) is 31.4 Å². The SMILES string of the molecule is CCN(CC)C1=Nc2ccccc2Sc2cc(CCC(=O)CN3C(=O)C=CC3=O)ccc21. The number of ketones is 1. The van der Waals surface area contributed by atoms with E-state index in [0.29, 0.717) is 6.42 Å². The number of hydrogen-bond acceptors (Lipinski definition) is 6. The first-order valence-electron chi connectivity index (χ1n) is 10.8. The zero-order chi connectivity index (χ0) is 22.7. The third-order valence-electron chi connectivity index (χ3n) is 5.59.